The summed E-state index contributed by atoms with van der Waals surface area (Å²) >= 11 is 0. The van der Waals surface area contributed by atoms with E-state index >= 15 is 0 Å². The lowest BCUT2D eigenvalue weighted by molar-refractivity contribution is 0.0954. The molecule has 3 aromatic rings. The standard InChI is InChI=1S/C25H26N2O3/c1-2-16-26-25(29)22-13-6-7-14-23(22)27-24(28)20-11-8-12-21(18-20)30-17-15-19-9-4-3-5-10-19/h3-14,18H,2,15-17H2,1H3,(H,26,29)(H,27,28). The number of benzene rings is 3. The zero-order chi connectivity index (χ0) is 21.2. The van der Waals surface area contributed by atoms with Gasteiger partial charge in [0.15, 0.2) is 0 Å². The second kappa shape index (κ2) is 10.8. The number of rotatable bonds is 9. The summed E-state index contributed by atoms with van der Waals surface area (Å²) in [5.41, 5.74) is 2.58. The number of anilines is 1. The minimum Gasteiger partial charge on any atom is -0.493 e. The predicted molar refractivity (Wildman–Crippen MR) is 119 cm³/mol. The summed E-state index contributed by atoms with van der Waals surface area (Å²) in [6.07, 6.45) is 1.63. The van der Waals surface area contributed by atoms with Crippen LogP contribution in [0.25, 0.3) is 0 Å². The fraction of sp³-hybridized carbons (Fsp3) is 0.200. The summed E-state index contributed by atoms with van der Waals surface area (Å²) in [6.45, 7) is 3.10. The molecule has 0 unspecified atom stereocenters. The quantitative estimate of drug-likeness (QED) is 0.545. The van der Waals surface area contributed by atoms with Crippen LogP contribution >= 0.6 is 0 Å². The topological polar surface area (TPSA) is 67.4 Å². The fourth-order valence-electron chi connectivity index (χ4n) is 2.98. The van der Waals surface area contributed by atoms with Gasteiger partial charge in [0.2, 0.25) is 0 Å². The monoisotopic (exact) mass is 402 g/mol. The van der Waals surface area contributed by atoms with Crippen LogP contribution in [0.5, 0.6) is 5.75 Å². The molecule has 0 aliphatic heterocycles. The second-order valence-corrected chi connectivity index (χ2v) is 6.87. The highest BCUT2D eigenvalue weighted by atomic mass is 16.5. The zero-order valence-electron chi connectivity index (χ0n) is 17.1. The van der Waals surface area contributed by atoms with Crippen molar-refractivity contribution in [3.63, 3.8) is 0 Å². The number of hydrogen-bond donors (Lipinski definition) is 2. The lowest BCUT2D eigenvalue weighted by Gasteiger charge is -2.12. The molecule has 3 rings (SSSR count). The molecule has 0 aromatic heterocycles. The molecule has 0 aliphatic rings. The summed E-state index contributed by atoms with van der Waals surface area (Å²) in [6, 6.07) is 24.1. The van der Waals surface area contributed by atoms with Crippen molar-refractivity contribution in [3.8, 4) is 5.75 Å². The first-order valence-electron chi connectivity index (χ1n) is 10.1. The molecule has 0 fully saturated rings. The first kappa shape index (κ1) is 21.1. The molecule has 0 aliphatic carbocycles. The minimum absolute atomic E-state index is 0.203. The Balaban J connectivity index is 1.63. The van der Waals surface area contributed by atoms with Crippen LogP contribution in [-0.2, 0) is 6.42 Å². The van der Waals surface area contributed by atoms with E-state index in [2.05, 4.69) is 22.8 Å². The van der Waals surface area contributed by atoms with Crippen molar-refractivity contribution in [2.45, 2.75) is 19.8 Å². The summed E-state index contributed by atoms with van der Waals surface area (Å²) < 4.78 is 5.81. The zero-order valence-corrected chi connectivity index (χ0v) is 17.1. The normalized spacial score (nSPS) is 10.3. The van der Waals surface area contributed by atoms with Crippen molar-refractivity contribution in [2.24, 2.45) is 0 Å². The minimum atomic E-state index is -0.292. The average molecular weight is 402 g/mol. The number of ether oxygens (including phenoxy) is 1. The Bertz CT molecular complexity index is 986. The number of nitrogens with one attached hydrogen (secondary N) is 2. The highest BCUT2D eigenvalue weighted by molar-refractivity contribution is 6.09. The van der Waals surface area contributed by atoms with E-state index in [0.717, 1.165) is 12.8 Å². The molecule has 0 saturated heterocycles. The molecule has 0 bridgehead atoms. The molecule has 0 atom stereocenters. The molecule has 5 nitrogen and oxygen atoms in total. The van der Waals surface area contributed by atoms with Crippen molar-refractivity contribution in [3.05, 3.63) is 95.6 Å². The third kappa shape index (κ3) is 5.95. The van der Waals surface area contributed by atoms with Gasteiger partial charge in [-0.2, -0.15) is 0 Å². The molecule has 154 valence electrons. The molecule has 0 spiro atoms. The Hall–Kier alpha value is -3.60. The van der Waals surface area contributed by atoms with E-state index in [0.29, 0.717) is 35.7 Å². The van der Waals surface area contributed by atoms with Gasteiger partial charge in [0, 0.05) is 18.5 Å². The van der Waals surface area contributed by atoms with Crippen molar-refractivity contribution in [1.29, 1.82) is 0 Å². The van der Waals surface area contributed by atoms with Crippen LogP contribution in [0.1, 0.15) is 39.6 Å². The number of hydrogen-bond acceptors (Lipinski definition) is 3. The van der Waals surface area contributed by atoms with Gasteiger partial charge in [-0.3, -0.25) is 9.59 Å². The van der Waals surface area contributed by atoms with Gasteiger partial charge >= 0.3 is 0 Å². The van der Waals surface area contributed by atoms with E-state index in [4.69, 9.17) is 4.74 Å². The van der Waals surface area contributed by atoms with Crippen LogP contribution in [0.3, 0.4) is 0 Å². The van der Waals surface area contributed by atoms with Crippen LogP contribution in [0.4, 0.5) is 5.69 Å². The van der Waals surface area contributed by atoms with E-state index in [1.54, 1.807) is 42.5 Å². The van der Waals surface area contributed by atoms with E-state index in [1.807, 2.05) is 31.2 Å². The molecule has 3 aromatic carbocycles. The molecule has 2 N–H and O–H groups in total. The van der Waals surface area contributed by atoms with Crippen molar-refractivity contribution < 1.29 is 14.3 Å². The van der Waals surface area contributed by atoms with E-state index in [9.17, 15) is 9.59 Å². The average Bonchev–Trinajstić information content (AvgIpc) is 2.79. The maximum Gasteiger partial charge on any atom is 0.255 e. The van der Waals surface area contributed by atoms with Gasteiger partial charge < -0.3 is 15.4 Å². The summed E-state index contributed by atoms with van der Waals surface area (Å²) in [5.74, 6) is 0.137. The van der Waals surface area contributed by atoms with Crippen LogP contribution in [-0.4, -0.2) is 25.0 Å². The first-order valence-corrected chi connectivity index (χ1v) is 10.1. The smallest absolute Gasteiger partial charge is 0.255 e. The largest absolute Gasteiger partial charge is 0.493 e. The third-order valence-electron chi connectivity index (χ3n) is 4.55. The summed E-state index contributed by atoms with van der Waals surface area (Å²) in [4.78, 5) is 25.1. The molecule has 0 saturated carbocycles. The lowest BCUT2D eigenvalue weighted by Crippen LogP contribution is -2.25. The number of carbonyl (C=O) groups excluding carboxylic acids is 2. The van der Waals surface area contributed by atoms with Crippen LogP contribution < -0.4 is 15.4 Å². The molecule has 2 amide bonds. The van der Waals surface area contributed by atoms with Gasteiger partial charge in [-0.05, 0) is 42.3 Å². The number of para-hydroxylation sites is 1. The summed E-state index contributed by atoms with van der Waals surface area (Å²) in [5, 5.41) is 5.68. The number of carbonyl (C=O) groups is 2. The maximum absolute atomic E-state index is 12.8. The fourth-order valence-corrected chi connectivity index (χ4v) is 2.98. The van der Waals surface area contributed by atoms with Gasteiger partial charge in [-0.25, -0.2) is 0 Å². The van der Waals surface area contributed by atoms with Gasteiger partial charge in [-0.1, -0.05) is 55.5 Å². The van der Waals surface area contributed by atoms with Gasteiger partial charge in [0.1, 0.15) is 5.75 Å². The Morgan fingerprint density at radius 2 is 1.63 bits per heavy atom. The van der Waals surface area contributed by atoms with Gasteiger partial charge in [0.05, 0.1) is 17.9 Å². The van der Waals surface area contributed by atoms with Crippen LogP contribution in [0.15, 0.2) is 78.9 Å². The Morgan fingerprint density at radius 1 is 0.867 bits per heavy atom. The maximum atomic E-state index is 12.8. The Labute approximate surface area is 177 Å². The molecule has 0 heterocycles. The Morgan fingerprint density at radius 3 is 2.43 bits per heavy atom. The predicted octanol–water partition coefficient (Wildman–Crippen LogP) is 4.70. The van der Waals surface area contributed by atoms with Crippen molar-refractivity contribution in [1.82, 2.24) is 5.32 Å². The highest BCUT2D eigenvalue weighted by Gasteiger charge is 2.14. The van der Waals surface area contributed by atoms with Crippen molar-refractivity contribution in [2.75, 3.05) is 18.5 Å². The highest BCUT2D eigenvalue weighted by Crippen LogP contribution is 2.19. The number of amides is 2. The Kier molecular flexibility index (Phi) is 7.61. The van der Waals surface area contributed by atoms with Gasteiger partial charge in [-0.15, -0.1) is 0 Å². The van der Waals surface area contributed by atoms with Crippen LogP contribution in [0.2, 0.25) is 0 Å². The van der Waals surface area contributed by atoms with Crippen molar-refractivity contribution >= 4 is 17.5 Å². The van der Waals surface area contributed by atoms with Gasteiger partial charge in [0.25, 0.3) is 11.8 Å². The van der Waals surface area contributed by atoms with E-state index in [-0.39, 0.29) is 11.8 Å². The SMILES string of the molecule is CCCNC(=O)c1ccccc1NC(=O)c1cccc(OCCc2ccccc2)c1. The lowest BCUT2D eigenvalue weighted by atomic mass is 10.1. The van der Waals surface area contributed by atoms with Crippen LogP contribution in [0, 0.1) is 0 Å². The first-order chi connectivity index (χ1) is 14.7. The molecular formula is C25H26N2O3. The molecule has 30 heavy (non-hydrogen) atoms. The third-order valence-corrected chi connectivity index (χ3v) is 4.55. The van der Waals surface area contributed by atoms with E-state index in [1.165, 1.54) is 5.56 Å². The second-order valence-electron chi connectivity index (χ2n) is 6.87. The molecule has 0 radical (unpaired) electrons. The molecule has 5 heteroatoms. The van der Waals surface area contributed by atoms with E-state index < -0.39 is 0 Å². The summed E-state index contributed by atoms with van der Waals surface area (Å²) in [7, 11) is 0. The molecular weight excluding hydrogens is 376 g/mol.